The number of hydrogen-bond acceptors (Lipinski definition) is 2. The van der Waals surface area contributed by atoms with Crippen molar-refractivity contribution in [3.05, 3.63) is 0 Å². The quantitative estimate of drug-likeness (QED) is 0.702. The van der Waals surface area contributed by atoms with Crippen molar-refractivity contribution >= 4 is 0 Å². The Hall–Kier alpha value is -0.690. The van der Waals surface area contributed by atoms with Gasteiger partial charge in [-0.25, -0.2) is 8.78 Å². The first-order valence-corrected chi connectivity index (χ1v) is 4.98. The van der Waals surface area contributed by atoms with Crippen LogP contribution >= 0.6 is 0 Å². The van der Waals surface area contributed by atoms with Gasteiger partial charge in [0.25, 0.3) is 5.92 Å². The molecule has 0 aromatic carbocycles. The van der Waals surface area contributed by atoms with Crippen LogP contribution in [-0.4, -0.2) is 30.5 Å². The van der Waals surface area contributed by atoms with Gasteiger partial charge in [0.2, 0.25) is 0 Å². The van der Waals surface area contributed by atoms with Crippen LogP contribution in [0.5, 0.6) is 0 Å². The Kier molecular flexibility index (Phi) is 3.82. The van der Waals surface area contributed by atoms with Gasteiger partial charge in [0.15, 0.2) is 0 Å². The van der Waals surface area contributed by atoms with Gasteiger partial charge in [-0.3, -0.25) is 4.90 Å². The maximum Gasteiger partial charge on any atom is 0.257 e. The third kappa shape index (κ3) is 4.01. The average molecular weight is 202 g/mol. The Labute approximate surface area is 83.5 Å². The minimum atomic E-state index is -2.62. The van der Waals surface area contributed by atoms with E-state index in [1.165, 1.54) is 0 Å². The molecular formula is C10H16F2N2. The number of nitriles is 1. The van der Waals surface area contributed by atoms with Gasteiger partial charge >= 0.3 is 0 Å². The second-order valence-corrected chi connectivity index (χ2v) is 4.18. The molecule has 14 heavy (non-hydrogen) atoms. The van der Waals surface area contributed by atoms with Crippen molar-refractivity contribution in [3.63, 3.8) is 0 Å². The van der Waals surface area contributed by atoms with Gasteiger partial charge in [-0.15, -0.1) is 0 Å². The third-order valence-electron chi connectivity index (χ3n) is 2.48. The summed E-state index contributed by atoms with van der Waals surface area (Å²) in [6.07, 6.45) is 2.42. The van der Waals surface area contributed by atoms with Crippen molar-refractivity contribution in [2.45, 2.75) is 32.1 Å². The molecule has 1 aliphatic rings. The largest absolute Gasteiger partial charge is 0.297 e. The molecule has 0 spiro atoms. The predicted molar refractivity (Wildman–Crippen MR) is 50.0 cm³/mol. The van der Waals surface area contributed by atoms with Crippen molar-refractivity contribution in [1.82, 2.24) is 4.90 Å². The van der Waals surface area contributed by atoms with Gasteiger partial charge in [-0.05, 0) is 25.3 Å². The molecule has 1 rings (SSSR count). The molecule has 0 bridgehead atoms. The van der Waals surface area contributed by atoms with E-state index < -0.39 is 5.92 Å². The first-order chi connectivity index (χ1) is 6.51. The van der Waals surface area contributed by atoms with Gasteiger partial charge in [0.1, 0.15) is 0 Å². The topological polar surface area (TPSA) is 27.0 Å². The molecule has 0 aliphatic carbocycles. The maximum absolute atomic E-state index is 12.7. The fourth-order valence-corrected chi connectivity index (χ4v) is 1.98. The van der Waals surface area contributed by atoms with E-state index in [0.717, 1.165) is 26.3 Å². The lowest BCUT2D eigenvalue weighted by Crippen LogP contribution is -2.41. The standard InChI is InChI=1S/C10H16F2N2/c1-10(11,12)8-14-6-2-3-9(7-14)4-5-13/h9H,2-4,6-8H2,1H3. The van der Waals surface area contributed by atoms with E-state index in [1.54, 1.807) is 4.90 Å². The normalized spacial score (nSPS) is 24.6. The highest BCUT2D eigenvalue weighted by molar-refractivity contribution is 4.82. The Morgan fingerprint density at radius 3 is 2.86 bits per heavy atom. The number of alkyl halides is 2. The summed E-state index contributed by atoms with van der Waals surface area (Å²) >= 11 is 0. The lowest BCUT2D eigenvalue weighted by molar-refractivity contribution is -0.0240. The Bertz CT molecular complexity index is 217. The van der Waals surface area contributed by atoms with E-state index in [-0.39, 0.29) is 12.5 Å². The first-order valence-electron chi connectivity index (χ1n) is 4.98. The van der Waals surface area contributed by atoms with Gasteiger partial charge in [0, 0.05) is 19.9 Å². The van der Waals surface area contributed by atoms with Crippen LogP contribution in [0, 0.1) is 17.2 Å². The van der Waals surface area contributed by atoms with E-state index in [4.69, 9.17) is 5.26 Å². The van der Waals surface area contributed by atoms with E-state index in [9.17, 15) is 8.78 Å². The second-order valence-electron chi connectivity index (χ2n) is 4.18. The number of likely N-dealkylation sites (tertiary alicyclic amines) is 1. The van der Waals surface area contributed by atoms with Crippen LogP contribution in [-0.2, 0) is 0 Å². The van der Waals surface area contributed by atoms with Crippen molar-refractivity contribution in [1.29, 1.82) is 5.26 Å². The molecule has 1 unspecified atom stereocenters. The van der Waals surface area contributed by atoms with Crippen LogP contribution < -0.4 is 0 Å². The molecule has 1 fully saturated rings. The highest BCUT2D eigenvalue weighted by atomic mass is 19.3. The highest BCUT2D eigenvalue weighted by Crippen LogP contribution is 2.22. The average Bonchev–Trinajstić information content (AvgIpc) is 2.02. The third-order valence-corrected chi connectivity index (χ3v) is 2.48. The monoisotopic (exact) mass is 202 g/mol. The van der Waals surface area contributed by atoms with E-state index in [0.29, 0.717) is 13.0 Å². The summed E-state index contributed by atoms with van der Waals surface area (Å²) in [6.45, 7) is 2.16. The number of rotatable bonds is 3. The molecule has 0 N–H and O–H groups in total. The van der Waals surface area contributed by atoms with Crippen LogP contribution in [0.2, 0.25) is 0 Å². The molecule has 0 aromatic heterocycles. The predicted octanol–water partition coefficient (Wildman–Crippen LogP) is 2.27. The summed E-state index contributed by atoms with van der Waals surface area (Å²) in [5, 5.41) is 8.52. The summed E-state index contributed by atoms with van der Waals surface area (Å²) in [6, 6.07) is 2.11. The highest BCUT2D eigenvalue weighted by Gasteiger charge is 2.28. The summed E-state index contributed by atoms with van der Waals surface area (Å²) in [5.41, 5.74) is 0. The number of piperidine rings is 1. The zero-order chi connectivity index (χ0) is 10.6. The van der Waals surface area contributed by atoms with Crippen LogP contribution in [0.15, 0.2) is 0 Å². The second kappa shape index (κ2) is 4.70. The minimum Gasteiger partial charge on any atom is -0.297 e. The van der Waals surface area contributed by atoms with E-state index in [1.807, 2.05) is 0 Å². The van der Waals surface area contributed by atoms with E-state index in [2.05, 4.69) is 6.07 Å². The SMILES string of the molecule is CC(F)(F)CN1CCCC(CC#N)C1. The van der Waals surface area contributed by atoms with Gasteiger partial charge < -0.3 is 0 Å². The smallest absolute Gasteiger partial charge is 0.257 e. The van der Waals surface area contributed by atoms with Crippen LogP contribution in [0.25, 0.3) is 0 Å². The Morgan fingerprint density at radius 2 is 2.29 bits per heavy atom. The molecule has 1 atom stereocenters. The summed E-state index contributed by atoms with van der Waals surface area (Å²) in [4.78, 5) is 1.77. The fraction of sp³-hybridized carbons (Fsp3) is 0.900. The van der Waals surface area contributed by atoms with Crippen molar-refractivity contribution < 1.29 is 8.78 Å². The first kappa shape index (κ1) is 11.4. The lowest BCUT2D eigenvalue weighted by Gasteiger charge is -2.33. The van der Waals surface area contributed by atoms with Crippen LogP contribution in [0.3, 0.4) is 0 Å². The molecule has 1 aliphatic heterocycles. The molecular weight excluding hydrogens is 186 g/mol. The number of hydrogen-bond donors (Lipinski definition) is 0. The molecule has 4 heteroatoms. The number of nitrogens with zero attached hydrogens (tertiary/aromatic N) is 2. The molecule has 0 saturated carbocycles. The lowest BCUT2D eigenvalue weighted by atomic mass is 9.95. The molecule has 80 valence electrons. The van der Waals surface area contributed by atoms with Crippen LogP contribution in [0.4, 0.5) is 8.78 Å². The van der Waals surface area contributed by atoms with Gasteiger partial charge in [-0.1, -0.05) is 0 Å². The van der Waals surface area contributed by atoms with E-state index >= 15 is 0 Å². The van der Waals surface area contributed by atoms with Crippen molar-refractivity contribution in [3.8, 4) is 6.07 Å². The summed E-state index contributed by atoms with van der Waals surface area (Å²) in [7, 11) is 0. The van der Waals surface area contributed by atoms with Crippen molar-refractivity contribution in [2.24, 2.45) is 5.92 Å². The Balaban J connectivity index is 2.37. The summed E-state index contributed by atoms with van der Waals surface area (Å²) < 4.78 is 25.4. The van der Waals surface area contributed by atoms with Crippen molar-refractivity contribution in [2.75, 3.05) is 19.6 Å². The van der Waals surface area contributed by atoms with Crippen LogP contribution in [0.1, 0.15) is 26.2 Å². The van der Waals surface area contributed by atoms with Gasteiger partial charge in [-0.2, -0.15) is 5.26 Å². The minimum absolute atomic E-state index is 0.172. The zero-order valence-electron chi connectivity index (χ0n) is 8.47. The fourth-order valence-electron chi connectivity index (χ4n) is 1.98. The molecule has 1 saturated heterocycles. The zero-order valence-corrected chi connectivity index (χ0v) is 8.47. The maximum atomic E-state index is 12.7. The summed E-state index contributed by atoms with van der Waals surface area (Å²) in [5.74, 6) is -2.33. The number of halogens is 2. The molecule has 2 nitrogen and oxygen atoms in total. The molecule has 0 radical (unpaired) electrons. The van der Waals surface area contributed by atoms with Gasteiger partial charge in [0.05, 0.1) is 12.6 Å². The molecule has 0 aromatic rings. The molecule has 0 amide bonds. The Morgan fingerprint density at radius 1 is 1.57 bits per heavy atom. The molecule has 1 heterocycles.